The lowest BCUT2D eigenvalue weighted by atomic mass is 10.1. The van der Waals surface area contributed by atoms with E-state index in [1.165, 1.54) is 18.9 Å². The van der Waals surface area contributed by atoms with Gasteiger partial charge in [-0.25, -0.2) is 9.78 Å². The molecule has 0 spiro atoms. The molecule has 1 aliphatic rings. The predicted molar refractivity (Wildman–Crippen MR) is 132 cm³/mol. The molecule has 1 saturated heterocycles. The molecule has 1 N–H and O–H groups in total. The van der Waals surface area contributed by atoms with Crippen LogP contribution in [0, 0.1) is 13.8 Å². The molecule has 1 unspecified atom stereocenters. The van der Waals surface area contributed by atoms with Gasteiger partial charge in [-0.05, 0) is 56.5 Å². The molecule has 3 aromatic rings. The normalized spacial score (nSPS) is 15.4. The molecule has 1 aliphatic heterocycles. The van der Waals surface area contributed by atoms with E-state index in [-0.39, 0.29) is 23.3 Å². The second kappa shape index (κ2) is 10.4. The first-order chi connectivity index (χ1) is 16.4. The summed E-state index contributed by atoms with van der Waals surface area (Å²) in [6.07, 6.45) is 1.74. The summed E-state index contributed by atoms with van der Waals surface area (Å²) in [5, 5.41) is 3.73. The van der Waals surface area contributed by atoms with E-state index < -0.39 is 5.97 Å². The molecule has 4 rings (SSSR count). The third-order valence-corrected chi connectivity index (χ3v) is 6.72. The lowest BCUT2D eigenvalue weighted by Gasteiger charge is -2.17. The summed E-state index contributed by atoms with van der Waals surface area (Å²) < 4.78 is 12.1. The molecule has 0 radical (unpaired) electrons. The third-order valence-electron chi connectivity index (χ3n) is 5.74. The molecular formula is C25H27N3O5S. The number of hydrogen-bond donors (Lipinski definition) is 1. The second-order valence-electron chi connectivity index (χ2n) is 8.32. The Morgan fingerprint density at radius 3 is 2.76 bits per heavy atom. The topological polar surface area (TPSA) is 99.5 Å². The van der Waals surface area contributed by atoms with Crippen LogP contribution >= 0.6 is 11.8 Å². The van der Waals surface area contributed by atoms with Gasteiger partial charge in [0.25, 0.3) is 5.56 Å². The van der Waals surface area contributed by atoms with Gasteiger partial charge in [-0.15, -0.1) is 0 Å². The van der Waals surface area contributed by atoms with Crippen molar-refractivity contribution in [1.29, 1.82) is 0 Å². The van der Waals surface area contributed by atoms with Gasteiger partial charge in [-0.2, -0.15) is 0 Å². The van der Waals surface area contributed by atoms with Crippen molar-refractivity contribution in [3.05, 3.63) is 63.4 Å². The van der Waals surface area contributed by atoms with Gasteiger partial charge in [0.1, 0.15) is 0 Å². The van der Waals surface area contributed by atoms with Crippen LogP contribution in [-0.2, 0) is 20.8 Å². The van der Waals surface area contributed by atoms with Crippen molar-refractivity contribution in [3.63, 3.8) is 0 Å². The van der Waals surface area contributed by atoms with Gasteiger partial charge in [-0.3, -0.25) is 14.2 Å². The lowest BCUT2D eigenvalue weighted by Crippen LogP contribution is -2.29. The Balaban J connectivity index is 1.62. The molecule has 0 bridgehead atoms. The van der Waals surface area contributed by atoms with Crippen LogP contribution < -0.4 is 10.9 Å². The SMILES string of the molecule is COC(=O)c1ccc2c(=O)n(CC3CCCO3)c(SCC(=O)Nc3ccc(C)cc3C)nc2c1. The number of fused-ring (bicyclic) bond motifs is 1. The summed E-state index contributed by atoms with van der Waals surface area (Å²) >= 11 is 1.18. The number of rotatable bonds is 7. The van der Waals surface area contributed by atoms with Crippen molar-refractivity contribution in [2.45, 2.75) is 44.5 Å². The summed E-state index contributed by atoms with van der Waals surface area (Å²) in [6.45, 7) is 4.98. The van der Waals surface area contributed by atoms with E-state index >= 15 is 0 Å². The van der Waals surface area contributed by atoms with Crippen LogP contribution in [0.2, 0.25) is 0 Å². The number of benzene rings is 2. The number of methoxy groups -OCH3 is 1. The number of ether oxygens (including phenoxy) is 2. The highest BCUT2D eigenvalue weighted by Gasteiger charge is 2.21. The van der Waals surface area contributed by atoms with Gasteiger partial charge >= 0.3 is 5.97 Å². The molecule has 2 heterocycles. The average Bonchev–Trinajstić information content (AvgIpc) is 3.34. The maximum absolute atomic E-state index is 13.3. The van der Waals surface area contributed by atoms with Crippen molar-refractivity contribution >= 4 is 40.2 Å². The molecule has 178 valence electrons. The van der Waals surface area contributed by atoms with Crippen molar-refractivity contribution in [2.24, 2.45) is 0 Å². The molecule has 8 nitrogen and oxygen atoms in total. The Hall–Kier alpha value is -3.17. The molecule has 1 aromatic heterocycles. The quantitative estimate of drug-likeness (QED) is 0.312. The van der Waals surface area contributed by atoms with E-state index in [0.29, 0.717) is 34.8 Å². The largest absolute Gasteiger partial charge is 0.465 e. The van der Waals surface area contributed by atoms with E-state index in [4.69, 9.17) is 9.47 Å². The van der Waals surface area contributed by atoms with Crippen LogP contribution in [-0.4, -0.2) is 47.0 Å². The molecule has 1 atom stereocenters. The van der Waals surface area contributed by atoms with E-state index in [0.717, 1.165) is 29.7 Å². The molecule has 0 saturated carbocycles. The number of anilines is 1. The minimum atomic E-state index is -0.505. The van der Waals surface area contributed by atoms with Gasteiger partial charge in [0.05, 0.1) is 42.0 Å². The Labute approximate surface area is 201 Å². The molecule has 0 aliphatic carbocycles. The molecule has 2 aromatic carbocycles. The molecule has 1 fully saturated rings. The van der Waals surface area contributed by atoms with Crippen LogP contribution in [0.4, 0.5) is 5.69 Å². The van der Waals surface area contributed by atoms with Crippen molar-refractivity contribution < 1.29 is 19.1 Å². The Morgan fingerprint density at radius 2 is 2.06 bits per heavy atom. The third kappa shape index (κ3) is 5.31. The minimum Gasteiger partial charge on any atom is -0.465 e. The number of hydrogen-bond acceptors (Lipinski definition) is 7. The zero-order valence-corrected chi connectivity index (χ0v) is 20.2. The fourth-order valence-corrected chi connectivity index (χ4v) is 4.79. The van der Waals surface area contributed by atoms with Gasteiger partial charge < -0.3 is 14.8 Å². The number of aromatic nitrogens is 2. The predicted octanol–water partition coefficient (Wildman–Crippen LogP) is 3.71. The number of amides is 1. The minimum absolute atomic E-state index is 0.0744. The van der Waals surface area contributed by atoms with Crippen LogP contribution in [0.15, 0.2) is 46.3 Å². The standard InChI is InChI=1S/C25H27N3O5S/c1-15-6-9-20(16(2)11-15)26-22(29)14-34-25-27-21-12-17(24(31)32-3)7-8-19(21)23(30)28(25)13-18-5-4-10-33-18/h6-9,11-12,18H,4-5,10,13-14H2,1-3H3,(H,26,29). The van der Waals surface area contributed by atoms with Gasteiger partial charge in [-0.1, -0.05) is 29.5 Å². The molecule has 34 heavy (non-hydrogen) atoms. The second-order valence-corrected chi connectivity index (χ2v) is 9.27. The van der Waals surface area contributed by atoms with Crippen molar-refractivity contribution in [3.8, 4) is 0 Å². The van der Waals surface area contributed by atoms with Gasteiger partial charge in [0.15, 0.2) is 5.16 Å². The number of nitrogens with zero attached hydrogens (tertiary/aromatic N) is 2. The maximum atomic E-state index is 13.3. The summed E-state index contributed by atoms with van der Waals surface area (Å²) in [6, 6.07) is 10.5. The van der Waals surface area contributed by atoms with E-state index in [1.807, 2.05) is 32.0 Å². The highest BCUT2D eigenvalue weighted by Crippen LogP contribution is 2.23. The maximum Gasteiger partial charge on any atom is 0.337 e. The molecule has 1 amide bonds. The number of esters is 1. The first-order valence-corrected chi connectivity index (χ1v) is 12.1. The average molecular weight is 482 g/mol. The van der Waals surface area contributed by atoms with Crippen molar-refractivity contribution in [1.82, 2.24) is 9.55 Å². The molecule has 9 heteroatoms. The van der Waals surface area contributed by atoms with Gasteiger partial charge in [0.2, 0.25) is 5.91 Å². The van der Waals surface area contributed by atoms with Crippen LogP contribution in [0.1, 0.15) is 34.3 Å². The zero-order chi connectivity index (χ0) is 24.2. The zero-order valence-electron chi connectivity index (χ0n) is 19.4. The summed E-state index contributed by atoms with van der Waals surface area (Å²) in [4.78, 5) is 42.6. The van der Waals surface area contributed by atoms with E-state index in [9.17, 15) is 14.4 Å². The smallest absolute Gasteiger partial charge is 0.337 e. The fourth-order valence-electron chi connectivity index (χ4n) is 3.98. The summed E-state index contributed by atoms with van der Waals surface area (Å²) in [7, 11) is 1.30. The van der Waals surface area contributed by atoms with E-state index in [1.54, 1.807) is 22.8 Å². The number of nitrogens with one attached hydrogen (secondary N) is 1. The number of aryl methyl sites for hydroxylation is 2. The number of thioether (sulfide) groups is 1. The van der Waals surface area contributed by atoms with E-state index in [2.05, 4.69) is 10.3 Å². The van der Waals surface area contributed by atoms with Crippen LogP contribution in [0.3, 0.4) is 0 Å². The lowest BCUT2D eigenvalue weighted by molar-refractivity contribution is -0.113. The first-order valence-electron chi connectivity index (χ1n) is 11.1. The number of carbonyl (C=O) groups excluding carboxylic acids is 2. The Bertz CT molecular complexity index is 1300. The number of carbonyl (C=O) groups is 2. The highest BCUT2D eigenvalue weighted by molar-refractivity contribution is 7.99. The monoisotopic (exact) mass is 481 g/mol. The fraction of sp³-hybridized carbons (Fsp3) is 0.360. The highest BCUT2D eigenvalue weighted by atomic mass is 32.2. The Kier molecular flexibility index (Phi) is 7.33. The first kappa shape index (κ1) is 24.0. The van der Waals surface area contributed by atoms with Crippen LogP contribution in [0.5, 0.6) is 0 Å². The summed E-state index contributed by atoms with van der Waals surface area (Å²) in [5.41, 5.74) is 3.31. The van der Waals surface area contributed by atoms with Gasteiger partial charge in [0, 0.05) is 12.3 Å². The molecular weight excluding hydrogens is 454 g/mol. The summed E-state index contributed by atoms with van der Waals surface area (Å²) in [5.74, 6) is -0.624. The Morgan fingerprint density at radius 1 is 1.24 bits per heavy atom. The van der Waals surface area contributed by atoms with Crippen LogP contribution in [0.25, 0.3) is 10.9 Å². The van der Waals surface area contributed by atoms with Crippen molar-refractivity contribution in [2.75, 3.05) is 24.8 Å².